The number of hydrogen-bond acceptors (Lipinski definition) is 5. The minimum atomic E-state index is -0.310. The van der Waals surface area contributed by atoms with Gasteiger partial charge in [-0.15, -0.1) is 0 Å². The second-order valence-corrected chi connectivity index (χ2v) is 6.41. The quantitative estimate of drug-likeness (QED) is 0.815. The number of nitrogens with one attached hydrogen (secondary N) is 2. The van der Waals surface area contributed by atoms with Gasteiger partial charge in [0.2, 0.25) is 0 Å². The van der Waals surface area contributed by atoms with Crippen molar-refractivity contribution in [1.82, 2.24) is 10.3 Å². The van der Waals surface area contributed by atoms with Crippen molar-refractivity contribution in [2.45, 2.75) is 25.8 Å². The van der Waals surface area contributed by atoms with Gasteiger partial charge in [-0.05, 0) is 37.5 Å². The van der Waals surface area contributed by atoms with Gasteiger partial charge < -0.3 is 25.0 Å². The highest BCUT2D eigenvalue weighted by Gasteiger charge is 2.16. The summed E-state index contributed by atoms with van der Waals surface area (Å²) in [7, 11) is 3.14. The van der Waals surface area contributed by atoms with Crippen LogP contribution in [0.15, 0.2) is 36.5 Å². The highest BCUT2D eigenvalue weighted by atomic mass is 16.5. The number of aromatic nitrogens is 1. The van der Waals surface area contributed by atoms with Crippen LogP contribution in [0, 0.1) is 0 Å². The van der Waals surface area contributed by atoms with Gasteiger partial charge in [-0.3, -0.25) is 0 Å². The zero-order valence-corrected chi connectivity index (χ0v) is 15.8. The molecule has 0 aliphatic carbocycles. The fourth-order valence-electron chi connectivity index (χ4n) is 3.21. The van der Waals surface area contributed by atoms with E-state index in [1.54, 1.807) is 38.6 Å². The lowest BCUT2D eigenvalue weighted by atomic mass is 10.1. The Bertz CT molecular complexity index is 776. The summed E-state index contributed by atoms with van der Waals surface area (Å²) < 4.78 is 10.5. The van der Waals surface area contributed by atoms with Crippen LogP contribution in [-0.2, 0) is 6.54 Å². The summed E-state index contributed by atoms with van der Waals surface area (Å²) in [6.07, 6.45) is 5.43. The van der Waals surface area contributed by atoms with Gasteiger partial charge in [0.25, 0.3) is 0 Å². The molecule has 1 aliphatic rings. The highest BCUT2D eigenvalue weighted by Crippen LogP contribution is 2.29. The molecule has 0 spiro atoms. The van der Waals surface area contributed by atoms with Gasteiger partial charge in [0.1, 0.15) is 17.3 Å². The summed E-state index contributed by atoms with van der Waals surface area (Å²) in [6.45, 7) is 2.42. The van der Waals surface area contributed by atoms with Gasteiger partial charge in [0.15, 0.2) is 0 Å². The molecule has 2 aromatic rings. The number of methoxy groups -OCH3 is 2. The van der Waals surface area contributed by atoms with Crippen molar-refractivity contribution in [3.05, 3.63) is 42.1 Å². The van der Waals surface area contributed by atoms with Crippen molar-refractivity contribution in [2.24, 2.45) is 0 Å². The number of anilines is 2. The number of benzene rings is 1. The summed E-state index contributed by atoms with van der Waals surface area (Å²) in [5.41, 5.74) is 1.56. The highest BCUT2D eigenvalue weighted by molar-refractivity contribution is 5.91. The number of piperidine rings is 1. The van der Waals surface area contributed by atoms with E-state index in [9.17, 15) is 4.79 Å². The number of urea groups is 1. The van der Waals surface area contributed by atoms with Gasteiger partial charge in [-0.25, -0.2) is 9.78 Å². The minimum absolute atomic E-state index is 0.310. The Morgan fingerprint density at radius 3 is 2.70 bits per heavy atom. The summed E-state index contributed by atoms with van der Waals surface area (Å²) in [5, 5.41) is 5.72. The van der Waals surface area contributed by atoms with Crippen LogP contribution in [0.2, 0.25) is 0 Å². The van der Waals surface area contributed by atoms with E-state index in [2.05, 4.69) is 20.5 Å². The molecule has 1 aromatic heterocycles. The predicted octanol–water partition coefficient (Wildman–Crippen LogP) is 3.41. The van der Waals surface area contributed by atoms with Crippen molar-refractivity contribution in [1.29, 1.82) is 0 Å². The van der Waals surface area contributed by atoms with Crippen LogP contribution in [0.1, 0.15) is 24.8 Å². The van der Waals surface area contributed by atoms with Crippen LogP contribution >= 0.6 is 0 Å². The molecule has 2 amide bonds. The smallest absolute Gasteiger partial charge is 0.319 e. The minimum Gasteiger partial charge on any atom is -0.497 e. The van der Waals surface area contributed by atoms with E-state index in [0.29, 0.717) is 23.7 Å². The molecule has 1 aliphatic heterocycles. The number of ether oxygens (including phenoxy) is 2. The topological polar surface area (TPSA) is 75.7 Å². The lowest BCUT2D eigenvalue weighted by molar-refractivity contribution is 0.251. The third-order valence-corrected chi connectivity index (χ3v) is 4.62. The first-order valence-corrected chi connectivity index (χ1v) is 9.17. The molecular weight excluding hydrogens is 344 g/mol. The van der Waals surface area contributed by atoms with Crippen LogP contribution < -0.4 is 25.0 Å². The first kappa shape index (κ1) is 18.8. The van der Waals surface area contributed by atoms with Gasteiger partial charge >= 0.3 is 6.03 Å². The van der Waals surface area contributed by atoms with E-state index in [0.717, 1.165) is 24.5 Å². The molecule has 27 heavy (non-hydrogen) atoms. The van der Waals surface area contributed by atoms with Gasteiger partial charge in [-0.1, -0.05) is 6.07 Å². The largest absolute Gasteiger partial charge is 0.497 e. The molecule has 2 N–H and O–H groups in total. The monoisotopic (exact) mass is 370 g/mol. The fourth-order valence-corrected chi connectivity index (χ4v) is 3.21. The van der Waals surface area contributed by atoms with Crippen LogP contribution in [0.25, 0.3) is 0 Å². The number of carbonyl (C=O) groups excluding carboxylic acids is 1. The van der Waals surface area contributed by atoms with E-state index in [1.165, 1.54) is 19.3 Å². The average Bonchev–Trinajstić information content (AvgIpc) is 2.73. The van der Waals surface area contributed by atoms with Crippen molar-refractivity contribution in [2.75, 3.05) is 37.5 Å². The first-order chi connectivity index (χ1) is 13.2. The molecule has 0 saturated carbocycles. The number of nitrogens with zero attached hydrogens (tertiary/aromatic N) is 2. The molecule has 0 radical (unpaired) electrons. The fraction of sp³-hybridized carbons (Fsp3) is 0.400. The van der Waals surface area contributed by atoms with Crippen molar-refractivity contribution >= 4 is 17.5 Å². The van der Waals surface area contributed by atoms with Gasteiger partial charge in [0, 0.05) is 37.5 Å². The SMILES string of the molecule is COc1ccc(OC)c(NC(=O)NCc2cccnc2N2CCCCC2)c1. The number of pyridine rings is 1. The Balaban J connectivity index is 1.65. The zero-order valence-electron chi connectivity index (χ0n) is 15.8. The van der Waals surface area contributed by atoms with E-state index in [-0.39, 0.29) is 6.03 Å². The predicted molar refractivity (Wildman–Crippen MR) is 106 cm³/mol. The number of rotatable bonds is 6. The molecule has 1 saturated heterocycles. The maximum Gasteiger partial charge on any atom is 0.319 e. The second kappa shape index (κ2) is 9.12. The molecule has 1 fully saturated rings. The van der Waals surface area contributed by atoms with Crippen LogP contribution in [0.5, 0.6) is 11.5 Å². The third kappa shape index (κ3) is 4.81. The van der Waals surface area contributed by atoms with Crippen LogP contribution in [-0.4, -0.2) is 38.3 Å². The Hall–Kier alpha value is -2.96. The van der Waals surface area contributed by atoms with Crippen LogP contribution in [0.4, 0.5) is 16.3 Å². The normalized spacial score (nSPS) is 13.8. The molecule has 0 unspecified atom stereocenters. The van der Waals surface area contributed by atoms with E-state index in [4.69, 9.17) is 9.47 Å². The molecule has 0 atom stereocenters. The Kier molecular flexibility index (Phi) is 6.35. The summed E-state index contributed by atoms with van der Waals surface area (Å²) >= 11 is 0. The number of amides is 2. The van der Waals surface area contributed by atoms with Gasteiger partial charge in [-0.2, -0.15) is 0 Å². The van der Waals surface area contributed by atoms with E-state index >= 15 is 0 Å². The number of carbonyl (C=O) groups is 1. The van der Waals surface area contributed by atoms with Crippen molar-refractivity contribution in [3.8, 4) is 11.5 Å². The van der Waals surface area contributed by atoms with E-state index in [1.807, 2.05) is 12.1 Å². The molecule has 1 aromatic carbocycles. The lowest BCUT2D eigenvalue weighted by Crippen LogP contribution is -2.33. The molecule has 7 nitrogen and oxygen atoms in total. The molecule has 2 heterocycles. The third-order valence-electron chi connectivity index (χ3n) is 4.62. The standard InChI is InChI=1S/C20H26N4O3/c1-26-16-8-9-18(27-2)17(13-16)23-20(25)22-14-15-7-6-10-21-19(15)24-11-4-3-5-12-24/h6-10,13H,3-5,11-12,14H2,1-2H3,(H2,22,23,25). The Morgan fingerprint density at radius 1 is 1.15 bits per heavy atom. The number of hydrogen-bond donors (Lipinski definition) is 2. The van der Waals surface area contributed by atoms with Crippen molar-refractivity contribution < 1.29 is 14.3 Å². The lowest BCUT2D eigenvalue weighted by Gasteiger charge is -2.29. The maximum atomic E-state index is 12.4. The molecule has 3 rings (SSSR count). The summed E-state index contributed by atoms with van der Waals surface area (Å²) in [5.74, 6) is 2.17. The summed E-state index contributed by atoms with van der Waals surface area (Å²) in [4.78, 5) is 19.2. The first-order valence-electron chi connectivity index (χ1n) is 9.17. The Morgan fingerprint density at radius 2 is 1.96 bits per heavy atom. The maximum absolute atomic E-state index is 12.4. The molecular formula is C20H26N4O3. The average molecular weight is 370 g/mol. The molecule has 7 heteroatoms. The second-order valence-electron chi connectivity index (χ2n) is 6.41. The van der Waals surface area contributed by atoms with E-state index < -0.39 is 0 Å². The Labute approximate surface area is 159 Å². The zero-order chi connectivity index (χ0) is 19.1. The van der Waals surface area contributed by atoms with Gasteiger partial charge in [0.05, 0.1) is 19.9 Å². The molecule has 144 valence electrons. The van der Waals surface area contributed by atoms with Crippen molar-refractivity contribution in [3.63, 3.8) is 0 Å². The molecule has 0 bridgehead atoms. The summed E-state index contributed by atoms with van der Waals surface area (Å²) in [6, 6.07) is 8.85. The van der Waals surface area contributed by atoms with Crippen LogP contribution in [0.3, 0.4) is 0 Å².